The third kappa shape index (κ3) is 4.11. The predicted molar refractivity (Wildman–Crippen MR) is 68.0 cm³/mol. The van der Waals surface area contributed by atoms with Crippen molar-refractivity contribution in [2.45, 2.75) is 38.8 Å². The van der Waals surface area contributed by atoms with Crippen molar-refractivity contribution in [1.82, 2.24) is 4.31 Å². The van der Waals surface area contributed by atoms with E-state index >= 15 is 0 Å². The molecule has 1 unspecified atom stereocenters. The topological polar surface area (TPSA) is 105 Å². The lowest BCUT2D eigenvalue weighted by Crippen LogP contribution is -2.45. The molecule has 0 radical (unpaired) electrons. The lowest BCUT2D eigenvalue weighted by Gasteiger charge is -2.26. The Bertz CT molecular complexity index is 388. The summed E-state index contributed by atoms with van der Waals surface area (Å²) in [4.78, 5) is 0. The molecule has 0 bridgehead atoms. The zero-order valence-corrected chi connectivity index (χ0v) is 11.6. The van der Waals surface area contributed by atoms with E-state index in [1.54, 1.807) is 13.8 Å². The van der Waals surface area contributed by atoms with Crippen LogP contribution < -0.4 is 5.73 Å². The van der Waals surface area contributed by atoms with Crippen molar-refractivity contribution in [1.29, 1.82) is 0 Å². The fraction of sp³-hybridized carbons (Fsp3) is 0.900. The second kappa shape index (κ2) is 6.35. The number of hydrogen-bond donors (Lipinski definition) is 2. The number of nitrogens with two attached hydrogens (primary N) is 1. The van der Waals surface area contributed by atoms with Crippen LogP contribution in [-0.2, 0) is 14.8 Å². The smallest absolute Gasteiger partial charge is 0.217 e. The Labute approximate surface area is 108 Å². The molecule has 0 aliphatic carbocycles. The molecule has 0 saturated carbocycles. The summed E-state index contributed by atoms with van der Waals surface area (Å²) in [5.74, 6) is -0.177. The van der Waals surface area contributed by atoms with Gasteiger partial charge < -0.3 is 15.7 Å². The molecule has 0 spiro atoms. The van der Waals surface area contributed by atoms with Gasteiger partial charge in [-0.15, -0.1) is 0 Å². The van der Waals surface area contributed by atoms with E-state index < -0.39 is 10.0 Å². The van der Waals surface area contributed by atoms with Crippen LogP contribution in [0.5, 0.6) is 0 Å². The van der Waals surface area contributed by atoms with Gasteiger partial charge in [-0.3, -0.25) is 0 Å². The van der Waals surface area contributed by atoms with Crippen LogP contribution in [0.4, 0.5) is 0 Å². The Morgan fingerprint density at radius 3 is 2.72 bits per heavy atom. The molecule has 8 heteroatoms. The summed E-state index contributed by atoms with van der Waals surface area (Å²) in [7, 11) is -3.47. The minimum absolute atomic E-state index is 0.0517. The highest BCUT2D eigenvalue weighted by Crippen LogP contribution is 2.17. The molecule has 1 atom stereocenters. The molecule has 18 heavy (non-hydrogen) atoms. The Hall–Kier alpha value is -0.860. The van der Waals surface area contributed by atoms with Crippen LogP contribution in [0.25, 0.3) is 0 Å². The third-order valence-corrected chi connectivity index (χ3v) is 4.86. The normalized spacial score (nSPS) is 22.0. The second-order valence-corrected chi connectivity index (χ2v) is 6.61. The maximum Gasteiger partial charge on any atom is 0.217 e. The van der Waals surface area contributed by atoms with Gasteiger partial charge in [-0.1, -0.05) is 5.16 Å². The minimum Gasteiger partial charge on any atom is -0.409 e. The van der Waals surface area contributed by atoms with Crippen molar-refractivity contribution in [2.24, 2.45) is 10.9 Å². The first-order chi connectivity index (χ1) is 8.36. The van der Waals surface area contributed by atoms with Crippen LogP contribution in [0.15, 0.2) is 5.16 Å². The van der Waals surface area contributed by atoms with Gasteiger partial charge in [-0.05, 0) is 26.7 Å². The highest BCUT2D eigenvalue weighted by atomic mass is 32.2. The quantitative estimate of drug-likeness (QED) is 0.307. The van der Waals surface area contributed by atoms with Crippen LogP contribution in [0.1, 0.15) is 26.7 Å². The first-order valence-corrected chi connectivity index (χ1v) is 7.55. The Kier molecular flexibility index (Phi) is 5.36. The van der Waals surface area contributed by atoms with E-state index in [-0.39, 0.29) is 30.3 Å². The molecule has 1 aliphatic rings. The predicted octanol–water partition coefficient (Wildman–Crippen LogP) is -0.0480. The highest BCUT2D eigenvalue weighted by molar-refractivity contribution is 7.89. The highest BCUT2D eigenvalue weighted by Gasteiger charge is 2.30. The molecular formula is C10H21N3O4S. The minimum atomic E-state index is -3.47. The maximum absolute atomic E-state index is 12.2. The zero-order chi connectivity index (χ0) is 13.8. The molecule has 1 heterocycles. The van der Waals surface area contributed by atoms with Gasteiger partial charge in [0.25, 0.3) is 0 Å². The van der Waals surface area contributed by atoms with Crippen LogP contribution in [0.3, 0.4) is 0 Å². The van der Waals surface area contributed by atoms with Crippen LogP contribution in [0, 0.1) is 0 Å². The van der Waals surface area contributed by atoms with E-state index in [1.165, 1.54) is 4.31 Å². The van der Waals surface area contributed by atoms with E-state index in [4.69, 9.17) is 15.7 Å². The van der Waals surface area contributed by atoms with E-state index in [2.05, 4.69) is 5.16 Å². The second-order valence-electron chi connectivity index (χ2n) is 4.64. The largest absolute Gasteiger partial charge is 0.409 e. The molecular weight excluding hydrogens is 258 g/mol. The van der Waals surface area contributed by atoms with Gasteiger partial charge >= 0.3 is 0 Å². The van der Waals surface area contributed by atoms with E-state index in [0.29, 0.717) is 6.61 Å². The molecule has 7 nitrogen and oxygen atoms in total. The molecule has 0 amide bonds. The van der Waals surface area contributed by atoms with Gasteiger partial charge in [0.1, 0.15) is 0 Å². The summed E-state index contributed by atoms with van der Waals surface area (Å²) in [5, 5.41) is 11.3. The Morgan fingerprint density at radius 1 is 1.61 bits per heavy atom. The molecule has 1 fully saturated rings. The van der Waals surface area contributed by atoms with Gasteiger partial charge in [0.05, 0.1) is 18.4 Å². The van der Waals surface area contributed by atoms with Crippen molar-refractivity contribution in [3.05, 3.63) is 0 Å². The molecule has 0 aromatic rings. The molecule has 1 aliphatic heterocycles. The number of rotatable bonds is 6. The molecule has 3 N–H and O–H groups in total. The van der Waals surface area contributed by atoms with Gasteiger partial charge in [0.2, 0.25) is 10.0 Å². The lowest BCUT2D eigenvalue weighted by atomic mass is 10.3. The summed E-state index contributed by atoms with van der Waals surface area (Å²) in [5.41, 5.74) is 5.38. The average Bonchev–Trinajstić information content (AvgIpc) is 2.76. The maximum atomic E-state index is 12.2. The summed E-state index contributed by atoms with van der Waals surface area (Å²) in [6.07, 6.45) is 1.40. The first kappa shape index (κ1) is 15.2. The zero-order valence-electron chi connectivity index (χ0n) is 10.7. The average molecular weight is 279 g/mol. The molecule has 0 aromatic heterocycles. The van der Waals surface area contributed by atoms with Crippen LogP contribution in [0.2, 0.25) is 0 Å². The van der Waals surface area contributed by atoms with Crippen molar-refractivity contribution in [3.63, 3.8) is 0 Å². The summed E-state index contributed by atoms with van der Waals surface area (Å²) in [6.45, 7) is 4.00. The molecule has 106 valence electrons. The van der Waals surface area contributed by atoms with Gasteiger partial charge in [-0.25, -0.2) is 8.42 Å². The number of amidine groups is 1. The van der Waals surface area contributed by atoms with Gasteiger partial charge in [0.15, 0.2) is 5.84 Å². The van der Waals surface area contributed by atoms with Gasteiger partial charge in [-0.2, -0.15) is 4.31 Å². The fourth-order valence-corrected chi connectivity index (χ4v) is 3.80. The van der Waals surface area contributed by atoms with E-state index in [9.17, 15) is 8.42 Å². The molecule has 1 rings (SSSR count). The summed E-state index contributed by atoms with van der Waals surface area (Å²) in [6, 6.07) is -0.253. The molecule has 1 saturated heterocycles. The number of ether oxygens (including phenoxy) is 1. The van der Waals surface area contributed by atoms with E-state index in [1.807, 2.05) is 0 Å². The van der Waals surface area contributed by atoms with Crippen molar-refractivity contribution < 1.29 is 18.4 Å². The monoisotopic (exact) mass is 279 g/mol. The van der Waals surface area contributed by atoms with Crippen LogP contribution in [-0.4, -0.2) is 54.8 Å². The van der Waals surface area contributed by atoms with Crippen molar-refractivity contribution in [2.75, 3.05) is 18.9 Å². The summed E-state index contributed by atoms with van der Waals surface area (Å²) < 4.78 is 31.0. The number of nitrogens with zero attached hydrogens (tertiary/aromatic N) is 2. The first-order valence-electron chi connectivity index (χ1n) is 5.94. The summed E-state index contributed by atoms with van der Waals surface area (Å²) >= 11 is 0. The van der Waals surface area contributed by atoms with Crippen molar-refractivity contribution in [3.8, 4) is 0 Å². The number of sulfonamides is 1. The fourth-order valence-electron chi connectivity index (χ4n) is 1.90. The molecule has 0 aromatic carbocycles. The Morgan fingerprint density at radius 2 is 2.28 bits per heavy atom. The van der Waals surface area contributed by atoms with E-state index in [0.717, 1.165) is 12.8 Å². The number of hydrogen-bond acceptors (Lipinski definition) is 5. The standard InChI is InChI=1S/C10H21N3O4S/c1-8(2)13(6-10(11)12-14)18(15,16)7-9-4-3-5-17-9/h8-9,14H,3-7H2,1-2H3,(H2,11,12). The Balaban J connectivity index is 2.76. The third-order valence-electron chi connectivity index (χ3n) is 2.80. The lowest BCUT2D eigenvalue weighted by molar-refractivity contribution is 0.126. The van der Waals surface area contributed by atoms with Gasteiger partial charge in [0, 0.05) is 12.6 Å². The van der Waals surface area contributed by atoms with Crippen LogP contribution >= 0.6 is 0 Å². The SMILES string of the molecule is CC(C)N(CC(N)=NO)S(=O)(=O)CC1CCCO1. The number of oxime groups is 1. The van der Waals surface area contributed by atoms with Crippen molar-refractivity contribution >= 4 is 15.9 Å².